The van der Waals surface area contributed by atoms with E-state index in [2.05, 4.69) is 6.08 Å². The average molecular weight is 199 g/mol. The van der Waals surface area contributed by atoms with Crippen LogP contribution >= 0.6 is 11.6 Å². The highest BCUT2D eigenvalue weighted by Gasteiger charge is 2.56. The van der Waals surface area contributed by atoms with Gasteiger partial charge in [0.25, 0.3) is 0 Å². The Hall–Kier alpha value is -0.340. The third-order valence-electron chi connectivity index (χ3n) is 3.48. The summed E-state index contributed by atoms with van der Waals surface area (Å²) in [6.07, 6.45) is 6.87. The number of Topliss-reactive ketones (excluding diaryl/α,β-unsaturated/α-hetero) is 1. The highest BCUT2D eigenvalue weighted by Crippen LogP contribution is 2.49. The van der Waals surface area contributed by atoms with Crippen molar-refractivity contribution in [2.45, 2.75) is 36.3 Å². The maximum absolute atomic E-state index is 11.8. The largest absolute Gasteiger partial charge is 0.361 e. The van der Waals surface area contributed by atoms with Crippen LogP contribution in [0.5, 0.6) is 0 Å². The number of ketones is 1. The fourth-order valence-electron chi connectivity index (χ4n) is 2.83. The Morgan fingerprint density at radius 1 is 1.62 bits per heavy atom. The summed E-state index contributed by atoms with van der Waals surface area (Å²) in [6.45, 7) is 0. The smallest absolute Gasteiger partial charge is 0.159 e. The summed E-state index contributed by atoms with van der Waals surface area (Å²) in [7, 11) is 0. The Balaban J connectivity index is 2.06. The average Bonchev–Trinajstić information content (AvgIpc) is 2.70. The van der Waals surface area contributed by atoms with E-state index >= 15 is 0 Å². The molecule has 0 aromatic carbocycles. The van der Waals surface area contributed by atoms with E-state index in [9.17, 15) is 4.79 Å². The molecule has 4 atom stereocenters. The Bertz CT molecular complexity index is 299. The standard InChI is InChI=1S/C10H11ClO2/c11-8-7-3-5-10(13-7)4-1-2-6(10)9(8)12/h3,5-8H,1-2,4H2/t6-,7-,8+,10+/m1/s1. The van der Waals surface area contributed by atoms with Crippen LogP contribution in [0.2, 0.25) is 0 Å². The van der Waals surface area contributed by atoms with E-state index in [0.29, 0.717) is 0 Å². The molecule has 2 aliphatic heterocycles. The quantitative estimate of drug-likeness (QED) is 0.437. The second kappa shape index (κ2) is 2.37. The number of rotatable bonds is 0. The Morgan fingerprint density at radius 2 is 2.46 bits per heavy atom. The summed E-state index contributed by atoms with van der Waals surface area (Å²) in [4.78, 5) is 11.8. The highest BCUT2D eigenvalue weighted by atomic mass is 35.5. The SMILES string of the molecule is O=C1[C@@H](Cl)[C@H]2C=C[C@]3(CCC[C@H]13)O2. The van der Waals surface area contributed by atoms with Crippen LogP contribution in [0, 0.1) is 5.92 Å². The van der Waals surface area contributed by atoms with Crippen LogP contribution in [0.4, 0.5) is 0 Å². The lowest BCUT2D eigenvalue weighted by atomic mass is 9.85. The fourth-order valence-corrected chi connectivity index (χ4v) is 3.11. The van der Waals surface area contributed by atoms with Gasteiger partial charge in [-0.3, -0.25) is 4.79 Å². The van der Waals surface area contributed by atoms with Gasteiger partial charge < -0.3 is 4.74 Å². The zero-order valence-corrected chi connectivity index (χ0v) is 7.96. The molecule has 0 amide bonds. The van der Waals surface area contributed by atoms with Gasteiger partial charge in [0.05, 0.1) is 11.5 Å². The van der Waals surface area contributed by atoms with Crippen molar-refractivity contribution in [3.05, 3.63) is 12.2 Å². The molecule has 2 nitrogen and oxygen atoms in total. The number of alkyl halides is 1. The monoisotopic (exact) mass is 198 g/mol. The first kappa shape index (κ1) is 8.01. The van der Waals surface area contributed by atoms with Crippen molar-refractivity contribution in [3.63, 3.8) is 0 Å². The number of fused-ring (bicyclic) bond motifs is 1. The number of carbonyl (C=O) groups is 1. The third kappa shape index (κ3) is 0.856. The molecule has 1 aliphatic carbocycles. The summed E-state index contributed by atoms with van der Waals surface area (Å²) in [5.41, 5.74) is -0.257. The van der Waals surface area contributed by atoms with Crippen LogP contribution in [0.15, 0.2) is 12.2 Å². The normalized spacial score (nSPS) is 52.7. The molecule has 70 valence electrons. The fraction of sp³-hybridized carbons (Fsp3) is 0.700. The van der Waals surface area contributed by atoms with E-state index in [1.54, 1.807) is 0 Å². The number of hydrogen-bond donors (Lipinski definition) is 0. The van der Waals surface area contributed by atoms with Crippen LogP contribution in [0.3, 0.4) is 0 Å². The molecule has 2 heterocycles. The van der Waals surface area contributed by atoms with Gasteiger partial charge in [-0.2, -0.15) is 0 Å². The van der Waals surface area contributed by atoms with Crippen molar-refractivity contribution in [2.75, 3.05) is 0 Å². The number of carbonyl (C=O) groups excluding carboxylic acids is 1. The van der Waals surface area contributed by atoms with Crippen molar-refractivity contribution >= 4 is 17.4 Å². The molecule has 2 fully saturated rings. The van der Waals surface area contributed by atoms with E-state index < -0.39 is 5.38 Å². The topological polar surface area (TPSA) is 26.3 Å². The maximum Gasteiger partial charge on any atom is 0.159 e. The summed E-state index contributed by atoms with van der Waals surface area (Å²) >= 11 is 6.00. The third-order valence-corrected chi connectivity index (χ3v) is 3.94. The molecule has 0 aromatic heterocycles. The van der Waals surface area contributed by atoms with Crippen LogP contribution in [0.25, 0.3) is 0 Å². The minimum Gasteiger partial charge on any atom is -0.361 e. The molecule has 13 heavy (non-hydrogen) atoms. The zero-order chi connectivity index (χ0) is 9.05. The first-order chi connectivity index (χ1) is 6.23. The van der Waals surface area contributed by atoms with E-state index in [0.717, 1.165) is 19.3 Å². The lowest BCUT2D eigenvalue weighted by Gasteiger charge is -2.37. The zero-order valence-electron chi connectivity index (χ0n) is 7.20. The van der Waals surface area contributed by atoms with Gasteiger partial charge in [-0.25, -0.2) is 0 Å². The van der Waals surface area contributed by atoms with Gasteiger partial charge in [0.2, 0.25) is 0 Å². The second-order valence-electron chi connectivity index (χ2n) is 4.15. The summed E-state index contributed by atoms with van der Waals surface area (Å²) < 4.78 is 5.83. The van der Waals surface area contributed by atoms with Crippen LogP contribution in [-0.2, 0) is 9.53 Å². The number of halogens is 1. The molecule has 3 aliphatic rings. The predicted molar refractivity (Wildman–Crippen MR) is 48.7 cm³/mol. The van der Waals surface area contributed by atoms with Crippen LogP contribution in [-0.4, -0.2) is 22.9 Å². The summed E-state index contributed by atoms with van der Waals surface area (Å²) in [5.74, 6) is 0.227. The predicted octanol–water partition coefficient (Wildman–Crippen LogP) is 1.67. The Kier molecular flexibility index (Phi) is 1.46. The lowest BCUT2D eigenvalue weighted by Crippen LogP contribution is -2.49. The van der Waals surface area contributed by atoms with Crippen molar-refractivity contribution in [3.8, 4) is 0 Å². The van der Waals surface area contributed by atoms with Crippen molar-refractivity contribution in [1.82, 2.24) is 0 Å². The van der Waals surface area contributed by atoms with Crippen LogP contribution in [0.1, 0.15) is 19.3 Å². The molecule has 1 saturated heterocycles. The molecule has 3 heteroatoms. The first-order valence-electron chi connectivity index (χ1n) is 4.78. The highest BCUT2D eigenvalue weighted by molar-refractivity contribution is 6.32. The molecule has 0 unspecified atom stereocenters. The molecule has 1 spiro atoms. The van der Waals surface area contributed by atoms with Gasteiger partial charge in [0.1, 0.15) is 11.5 Å². The van der Waals surface area contributed by atoms with Gasteiger partial charge in [0.15, 0.2) is 5.78 Å². The molecular weight excluding hydrogens is 188 g/mol. The summed E-state index contributed by atoms with van der Waals surface area (Å²) in [5, 5.41) is -0.449. The molecule has 1 saturated carbocycles. The molecule has 0 radical (unpaired) electrons. The second-order valence-corrected chi connectivity index (χ2v) is 4.62. The van der Waals surface area contributed by atoms with E-state index in [-0.39, 0.29) is 23.4 Å². The van der Waals surface area contributed by atoms with Crippen molar-refractivity contribution in [2.24, 2.45) is 5.92 Å². The molecule has 3 rings (SSSR count). The van der Waals surface area contributed by atoms with E-state index in [4.69, 9.17) is 16.3 Å². The van der Waals surface area contributed by atoms with Crippen LogP contribution < -0.4 is 0 Å². The number of hydrogen-bond acceptors (Lipinski definition) is 2. The minimum atomic E-state index is -0.449. The van der Waals surface area contributed by atoms with Crippen molar-refractivity contribution in [1.29, 1.82) is 0 Å². The van der Waals surface area contributed by atoms with E-state index in [1.807, 2.05) is 6.08 Å². The Labute approximate surface area is 81.9 Å². The molecule has 2 bridgehead atoms. The van der Waals surface area contributed by atoms with Gasteiger partial charge in [-0.05, 0) is 19.3 Å². The van der Waals surface area contributed by atoms with Crippen molar-refractivity contribution < 1.29 is 9.53 Å². The lowest BCUT2D eigenvalue weighted by molar-refractivity contribution is -0.144. The van der Waals surface area contributed by atoms with Gasteiger partial charge >= 0.3 is 0 Å². The minimum absolute atomic E-state index is 0.0324. The van der Waals surface area contributed by atoms with Gasteiger partial charge in [-0.15, -0.1) is 11.6 Å². The summed E-state index contributed by atoms with van der Waals surface area (Å²) in [6, 6.07) is 0. The molecular formula is C10H11ClO2. The maximum atomic E-state index is 11.8. The van der Waals surface area contributed by atoms with E-state index in [1.165, 1.54) is 0 Å². The molecule has 0 N–H and O–H groups in total. The van der Waals surface area contributed by atoms with Gasteiger partial charge in [-0.1, -0.05) is 12.2 Å². The molecule has 0 aromatic rings. The first-order valence-corrected chi connectivity index (χ1v) is 5.22. The van der Waals surface area contributed by atoms with Gasteiger partial charge in [0, 0.05) is 0 Å². The Morgan fingerprint density at radius 3 is 3.31 bits per heavy atom. The number of ether oxygens (including phenoxy) is 1.